The molecule has 0 bridgehead atoms. The lowest BCUT2D eigenvalue weighted by molar-refractivity contribution is -0.138. The summed E-state index contributed by atoms with van der Waals surface area (Å²) in [5.41, 5.74) is 3.52. The maximum atomic E-state index is 12.5. The monoisotopic (exact) mass is 357 g/mol. The molecule has 7 nitrogen and oxygen atoms in total. The van der Waals surface area contributed by atoms with E-state index in [1.165, 1.54) is 5.01 Å². The van der Waals surface area contributed by atoms with Crippen LogP contribution in [0.4, 0.5) is 18.9 Å². The van der Waals surface area contributed by atoms with E-state index in [1.807, 2.05) is 0 Å². The van der Waals surface area contributed by atoms with Crippen molar-refractivity contribution in [2.24, 2.45) is 5.16 Å². The Morgan fingerprint density at radius 3 is 2.62 bits per heavy atom. The Labute approximate surface area is 137 Å². The smallest absolute Gasteiger partial charge is 0.323 e. The minimum absolute atomic E-state index is 0.0163. The van der Waals surface area contributed by atoms with Crippen molar-refractivity contribution < 1.29 is 22.8 Å². The number of nitrogens with zero attached hydrogens (tertiary/aromatic N) is 4. The summed E-state index contributed by atoms with van der Waals surface area (Å²) in [5, 5.41) is 9.59. The molecule has 1 atom stereocenters. The van der Waals surface area contributed by atoms with Crippen molar-refractivity contribution in [3.8, 4) is 5.19 Å². The average molecular weight is 357 g/mol. The maximum absolute atomic E-state index is 12.5. The summed E-state index contributed by atoms with van der Waals surface area (Å²) in [6.45, 7) is 1.67. The van der Waals surface area contributed by atoms with E-state index in [4.69, 9.17) is 4.84 Å². The first-order valence-electron chi connectivity index (χ1n) is 6.67. The van der Waals surface area contributed by atoms with Crippen molar-refractivity contribution >= 4 is 28.6 Å². The Kier molecular flexibility index (Phi) is 4.20. The largest absolute Gasteiger partial charge is 0.445 e. The second-order valence-corrected chi connectivity index (χ2v) is 5.71. The maximum Gasteiger partial charge on any atom is 0.445 e. The van der Waals surface area contributed by atoms with E-state index in [0.29, 0.717) is 5.69 Å². The molecule has 0 saturated carbocycles. The molecule has 1 aliphatic heterocycles. The first-order valence-corrected chi connectivity index (χ1v) is 7.49. The summed E-state index contributed by atoms with van der Waals surface area (Å²) in [7, 11) is 0. The van der Waals surface area contributed by atoms with Gasteiger partial charge in [-0.3, -0.25) is 4.79 Å². The van der Waals surface area contributed by atoms with Crippen molar-refractivity contribution in [2.75, 3.05) is 5.01 Å². The van der Waals surface area contributed by atoms with E-state index < -0.39 is 28.3 Å². The predicted molar refractivity (Wildman–Crippen MR) is 79.5 cm³/mol. The van der Waals surface area contributed by atoms with Crippen molar-refractivity contribution in [1.29, 1.82) is 0 Å². The molecule has 1 aromatic carbocycles. The van der Waals surface area contributed by atoms with Crippen LogP contribution in [0.3, 0.4) is 0 Å². The van der Waals surface area contributed by atoms with Gasteiger partial charge in [0.2, 0.25) is 5.01 Å². The molecule has 2 aromatic rings. The molecule has 1 aromatic heterocycles. The molecule has 11 heteroatoms. The number of amides is 1. The molecule has 1 fully saturated rings. The number of anilines is 1. The van der Waals surface area contributed by atoms with Crippen LogP contribution in [-0.2, 0) is 11.0 Å². The number of rotatable bonds is 3. The molecule has 2 heterocycles. The summed E-state index contributed by atoms with van der Waals surface area (Å²) < 4.78 is 37.4. The average Bonchev–Trinajstić information content (AvgIpc) is 3.12. The third-order valence-electron chi connectivity index (χ3n) is 3.04. The molecule has 1 unspecified atom stereocenters. The molecule has 1 saturated heterocycles. The fraction of sp³-hybridized carbons (Fsp3) is 0.231. The van der Waals surface area contributed by atoms with Crippen LogP contribution < -0.4 is 15.3 Å². The van der Waals surface area contributed by atoms with Crippen LogP contribution in [0.5, 0.6) is 5.19 Å². The van der Waals surface area contributed by atoms with E-state index >= 15 is 0 Å². The van der Waals surface area contributed by atoms with Crippen LogP contribution in [0, 0.1) is 0 Å². The highest BCUT2D eigenvalue weighted by atomic mass is 32.1. The zero-order valence-electron chi connectivity index (χ0n) is 12.1. The van der Waals surface area contributed by atoms with Crippen LogP contribution in [0.15, 0.2) is 35.5 Å². The molecule has 1 N–H and O–H groups in total. The molecule has 3 rings (SSSR count). The number of hydrogen-bond donors (Lipinski definition) is 1. The number of benzene rings is 1. The normalized spacial score (nSPS) is 20.0. The van der Waals surface area contributed by atoms with E-state index in [1.54, 1.807) is 37.3 Å². The first-order chi connectivity index (χ1) is 11.4. The van der Waals surface area contributed by atoms with Crippen molar-refractivity contribution in [3.05, 3.63) is 35.3 Å². The van der Waals surface area contributed by atoms with E-state index in [-0.39, 0.29) is 17.0 Å². The standard InChI is InChI=1S/C13H10F3N5O2S/c1-7-9(10(22)21(19-7)8-5-3-2-4-6-8)20-23-12-18-17-11(24-12)13(14,15)16/h2-7,19H,1H3/b20-9+. The highest BCUT2D eigenvalue weighted by Crippen LogP contribution is 2.34. The number of carbonyl (C=O) groups is 1. The second-order valence-electron chi connectivity index (χ2n) is 4.77. The Morgan fingerprint density at radius 2 is 2.00 bits per heavy atom. The number of para-hydroxylation sites is 1. The molecule has 126 valence electrons. The highest BCUT2D eigenvalue weighted by molar-refractivity contribution is 7.13. The summed E-state index contributed by atoms with van der Waals surface area (Å²) in [6, 6.07) is 8.30. The lowest BCUT2D eigenvalue weighted by Gasteiger charge is -2.15. The van der Waals surface area contributed by atoms with Gasteiger partial charge in [0.05, 0.1) is 11.7 Å². The zero-order chi connectivity index (χ0) is 17.3. The number of hydrazine groups is 1. The van der Waals surface area contributed by atoms with Gasteiger partial charge < -0.3 is 4.84 Å². The third-order valence-corrected chi connectivity index (χ3v) is 3.88. The molecule has 0 radical (unpaired) electrons. The quantitative estimate of drug-likeness (QED) is 0.852. The SMILES string of the molecule is CC1NN(c2ccccc2)C(=O)/C1=N/Oc1nnc(C(F)(F)F)s1. The molecule has 24 heavy (non-hydrogen) atoms. The number of aromatic nitrogens is 2. The second kappa shape index (κ2) is 6.17. The molecular formula is C13H10F3N5O2S. The van der Waals surface area contributed by atoms with Gasteiger partial charge in [-0.25, -0.2) is 10.4 Å². The Morgan fingerprint density at radius 1 is 1.29 bits per heavy atom. The molecular weight excluding hydrogens is 347 g/mol. The highest BCUT2D eigenvalue weighted by Gasteiger charge is 2.37. The van der Waals surface area contributed by atoms with Gasteiger partial charge in [-0.15, -0.1) is 5.10 Å². The van der Waals surface area contributed by atoms with Crippen LogP contribution >= 0.6 is 11.3 Å². The van der Waals surface area contributed by atoms with Crippen LogP contribution in [0.1, 0.15) is 11.9 Å². The third kappa shape index (κ3) is 3.21. The van der Waals surface area contributed by atoms with Gasteiger partial charge in [-0.1, -0.05) is 28.5 Å². The molecule has 0 aliphatic carbocycles. The topological polar surface area (TPSA) is 79.7 Å². The summed E-state index contributed by atoms with van der Waals surface area (Å²) in [4.78, 5) is 17.2. The minimum atomic E-state index is -4.60. The first kappa shape index (κ1) is 16.3. The fourth-order valence-electron chi connectivity index (χ4n) is 1.95. The van der Waals surface area contributed by atoms with Crippen molar-refractivity contribution in [1.82, 2.24) is 15.6 Å². The number of nitrogens with one attached hydrogen (secondary N) is 1. The van der Waals surface area contributed by atoms with Crippen molar-refractivity contribution in [2.45, 2.75) is 19.1 Å². The number of carbonyl (C=O) groups excluding carboxylic acids is 1. The Hall–Kier alpha value is -2.53. The van der Waals surface area contributed by atoms with E-state index in [0.717, 1.165) is 0 Å². The predicted octanol–water partition coefficient (Wildman–Crippen LogP) is 2.23. The molecule has 1 aliphatic rings. The van der Waals surface area contributed by atoms with Crippen LogP contribution in [-0.4, -0.2) is 27.9 Å². The van der Waals surface area contributed by atoms with Gasteiger partial charge in [0, 0.05) is 0 Å². The number of halogens is 3. The summed E-state index contributed by atoms with van der Waals surface area (Å²) in [6.07, 6.45) is -4.60. The van der Waals surface area contributed by atoms with Gasteiger partial charge >= 0.3 is 11.4 Å². The van der Waals surface area contributed by atoms with Gasteiger partial charge in [0.25, 0.3) is 5.91 Å². The van der Waals surface area contributed by atoms with Gasteiger partial charge in [0.1, 0.15) is 0 Å². The van der Waals surface area contributed by atoms with E-state index in [9.17, 15) is 18.0 Å². The minimum Gasteiger partial charge on any atom is -0.323 e. The van der Waals surface area contributed by atoms with Crippen molar-refractivity contribution in [3.63, 3.8) is 0 Å². The molecule has 1 amide bonds. The van der Waals surface area contributed by atoms with Gasteiger partial charge in [0.15, 0.2) is 5.71 Å². The van der Waals surface area contributed by atoms with Gasteiger partial charge in [-0.2, -0.15) is 13.2 Å². The van der Waals surface area contributed by atoms with Gasteiger partial charge in [-0.05, 0) is 30.4 Å². The lowest BCUT2D eigenvalue weighted by Crippen LogP contribution is -2.36. The summed E-state index contributed by atoms with van der Waals surface area (Å²) >= 11 is 0.201. The lowest BCUT2D eigenvalue weighted by atomic mass is 10.2. The van der Waals surface area contributed by atoms with E-state index in [2.05, 4.69) is 20.8 Å². The summed E-state index contributed by atoms with van der Waals surface area (Å²) in [5.74, 6) is -0.464. The number of hydrogen-bond acceptors (Lipinski definition) is 7. The Bertz CT molecular complexity index is 777. The Balaban J connectivity index is 1.76. The number of alkyl halides is 3. The molecule has 0 spiro atoms. The number of oxime groups is 1. The fourth-order valence-corrected chi connectivity index (χ4v) is 2.47. The van der Waals surface area contributed by atoms with Crippen LogP contribution in [0.25, 0.3) is 0 Å². The zero-order valence-corrected chi connectivity index (χ0v) is 12.9. The van der Waals surface area contributed by atoms with Crippen LogP contribution in [0.2, 0.25) is 0 Å².